The molecule has 4 aromatic rings. The second-order valence-corrected chi connectivity index (χ2v) is 5.37. The maximum Gasteiger partial charge on any atom is 0.225 e. The smallest absolute Gasteiger partial charge is 0.225 e. The Morgan fingerprint density at radius 1 is 1.14 bits per heavy atom. The van der Waals surface area contributed by atoms with Gasteiger partial charge in [-0.25, -0.2) is 9.97 Å². The zero-order valence-electron chi connectivity index (χ0n) is 11.1. The van der Waals surface area contributed by atoms with Crippen LogP contribution in [0.5, 0.6) is 0 Å². The fraction of sp³-hybridized carbons (Fsp3) is 0.0769. The van der Waals surface area contributed by atoms with Crippen LogP contribution in [0.3, 0.4) is 0 Å². The Labute approximate surface area is 123 Å². The molecule has 0 fully saturated rings. The van der Waals surface area contributed by atoms with E-state index in [9.17, 15) is 0 Å². The number of aromatic nitrogens is 6. The van der Waals surface area contributed by atoms with Crippen molar-refractivity contribution in [2.45, 2.75) is 10.2 Å². The van der Waals surface area contributed by atoms with E-state index in [2.05, 4.69) is 35.5 Å². The number of imidazole rings is 1. The van der Waals surface area contributed by atoms with Crippen molar-refractivity contribution in [1.29, 1.82) is 0 Å². The van der Waals surface area contributed by atoms with Crippen molar-refractivity contribution in [3.63, 3.8) is 0 Å². The van der Waals surface area contributed by atoms with Crippen molar-refractivity contribution >= 4 is 39.8 Å². The van der Waals surface area contributed by atoms with E-state index < -0.39 is 0 Å². The predicted molar refractivity (Wildman–Crippen MR) is 81.4 cm³/mol. The molecule has 1 aromatic carbocycles. The number of para-hydroxylation sites is 2. The molecule has 0 saturated carbocycles. The molecule has 0 unspecified atom stereocenters. The highest BCUT2D eigenvalue weighted by Crippen LogP contribution is 2.31. The summed E-state index contributed by atoms with van der Waals surface area (Å²) in [5, 5.41) is 12.3. The third-order valence-electron chi connectivity index (χ3n) is 3.06. The van der Waals surface area contributed by atoms with Crippen LogP contribution in [0.4, 0.5) is 5.95 Å². The first kappa shape index (κ1) is 12.2. The number of benzene rings is 1. The van der Waals surface area contributed by atoms with Gasteiger partial charge in [0.25, 0.3) is 0 Å². The van der Waals surface area contributed by atoms with Crippen LogP contribution in [0.2, 0.25) is 0 Å². The molecule has 0 bridgehead atoms. The first-order valence-corrected chi connectivity index (χ1v) is 7.16. The molecular formula is C13H11N7S. The van der Waals surface area contributed by atoms with E-state index in [0.717, 1.165) is 26.6 Å². The van der Waals surface area contributed by atoms with Gasteiger partial charge in [0, 0.05) is 7.05 Å². The van der Waals surface area contributed by atoms with Crippen LogP contribution in [0.1, 0.15) is 0 Å². The Balaban J connectivity index is 1.80. The summed E-state index contributed by atoms with van der Waals surface area (Å²) in [6.45, 7) is 0. The number of rotatable bonds is 3. The molecular weight excluding hydrogens is 286 g/mol. The van der Waals surface area contributed by atoms with Gasteiger partial charge in [-0.3, -0.25) is 5.10 Å². The minimum atomic E-state index is 0.547. The molecule has 4 rings (SSSR count). The highest BCUT2D eigenvalue weighted by atomic mass is 32.2. The molecule has 0 aliphatic carbocycles. The first-order chi connectivity index (χ1) is 10.3. The van der Waals surface area contributed by atoms with Crippen molar-refractivity contribution in [1.82, 2.24) is 30.1 Å². The third kappa shape index (κ3) is 2.09. The minimum absolute atomic E-state index is 0.547. The molecule has 0 aliphatic heterocycles. The lowest BCUT2D eigenvalue weighted by atomic mass is 10.3. The van der Waals surface area contributed by atoms with E-state index in [1.165, 1.54) is 11.8 Å². The zero-order valence-corrected chi connectivity index (χ0v) is 11.9. The molecule has 8 heteroatoms. The van der Waals surface area contributed by atoms with E-state index in [1.54, 1.807) is 13.2 Å². The number of nitrogens with one attached hydrogen (secondary N) is 3. The van der Waals surface area contributed by atoms with Gasteiger partial charge in [-0.05, 0) is 23.9 Å². The second-order valence-electron chi connectivity index (χ2n) is 4.40. The average Bonchev–Trinajstić information content (AvgIpc) is 3.12. The molecule has 0 atom stereocenters. The SMILES string of the molecule is CNc1nc(Sc2nc3ccccc3[nH]2)c2cn[nH]c2n1. The summed E-state index contributed by atoms with van der Waals surface area (Å²) in [7, 11) is 1.78. The third-order valence-corrected chi connectivity index (χ3v) is 3.95. The summed E-state index contributed by atoms with van der Waals surface area (Å²) >= 11 is 1.46. The fourth-order valence-corrected chi connectivity index (χ4v) is 2.95. The topological polar surface area (TPSA) is 95.2 Å². The van der Waals surface area contributed by atoms with Crippen molar-refractivity contribution < 1.29 is 0 Å². The molecule has 0 amide bonds. The summed E-state index contributed by atoms with van der Waals surface area (Å²) in [5.74, 6) is 0.547. The number of anilines is 1. The van der Waals surface area contributed by atoms with Gasteiger partial charge in [-0.2, -0.15) is 10.1 Å². The van der Waals surface area contributed by atoms with Gasteiger partial charge in [-0.15, -0.1) is 0 Å². The Morgan fingerprint density at radius 2 is 2.05 bits per heavy atom. The molecule has 21 heavy (non-hydrogen) atoms. The lowest BCUT2D eigenvalue weighted by molar-refractivity contribution is 1.04. The van der Waals surface area contributed by atoms with Crippen LogP contribution in [-0.4, -0.2) is 37.2 Å². The molecule has 3 heterocycles. The van der Waals surface area contributed by atoms with Gasteiger partial charge in [0.15, 0.2) is 10.8 Å². The monoisotopic (exact) mass is 297 g/mol. The van der Waals surface area contributed by atoms with Crippen LogP contribution >= 0.6 is 11.8 Å². The number of hydrogen-bond donors (Lipinski definition) is 3. The molecule has 3 aromatic heterocycles. The van der Waals surface area contributed by atoms with Crippen LogP contribution in [0.15, 0.2) is 40.6 Å². The Bertz CT molecular complexity index is 893. The first-order valence-electron chi connectivity index (χ1n) is 6.35. The molecule has 3 N–H and O–H groups in total. The average molecular weight is 297 g/mol. The van der Waals surface area contributed by atoms with Gasteiger partial charge in [0.05, 0.1) is 22.6 Å². The summed E-state index contributed by atoms with van der Waals surface area (Å²) in [4.78, 5) is 16.6. The van der Waals surface area contributed by atoms with Crippen molar-refractivity contribution in [2.75, 3.05) is 12.4 Å². The highest BCUT2D eigenvalue weighted by Gasteiger charge is 2.12. The second kappa shape index (κ2) is 4.74. The van der Waals surface area contributed by atoms with Gasteiger partial charge in [-0.1, -0.05) is 12.1 Å². The normalized spacial score (nSPS) is 11.3. The molecule has 0 spiro atoms. The summed E-state index contributed by atoms with van der Waals surface area (Å²) in [6, 6.07) is 7.92. The standard InChI is InChI=1S/C13H11N7S/c1-14-12-18-10-7(6-15-20-10)11(19-12)21-13-16-8-4-2-3-5-9(8)17-13/h2-6H,1H3,(H,16,17)(H2,14,15,18,19,20). The fourth-order valence-electron chi connectivity index (χ4n) is 2.07. The van der Waals surface area contributed by atoms with Crippen LogP contribution in [-0.2, 0) is 0 Å². The van der Waals surface area contributed by atoms with E-state index in [1.807, 2.05) is 24.3 Å². The van der Waals surface area contributed by atoms with Crippen LogP contribution < -0.4 is 5.32 Å². The number of fused-ring (bicyclic) bond motifs is 2. The van der Waals surface area contributed by atoms with E-state index in [-0.39, 0.29) is 0 Å². The summed E-state index contributed by atoms with van der Waals surface area (Å²) < 4.78 is 0. The minimum Gasteiger partial charge on any atom is -0.357 e. The summed E-state index contributed by atoms with van der Waals surface area (Å²) in [6.07, 6.45) is 1.72. The van der Waals surface area contributed by atoms with E-state index in [4.69, 9.17) is 0 Å². The number of aromatic amines is 2. The number of hydrogen-bond acceptors (Lipinski definition) is 6. The Morgan fingerprint density at radius 3 is 2.90 bits per heavy atom. The van der Waals surface area contributed by atoms with Crippen LogP contribution in [0.25, 0.3) is 22.1 Å². The quantitative estimate of drug-likeness (QED) is 0.503. The number of nitrogens with zero attached hydrogens (tertiary/aromatic N) is 4. The maximum atomic E-state index is 4.55. The predicted octanol–water partition coefficient (Wildman–Crippen LogP) is 2.42. The van der Waals surface area contributed by atoms with Gasteiger partial charge >= 0.3 is 0 Å². The van der Waals surface area contributed by atoms with E-state index >= 15 is 0 Å². The molecule has 0 saturated heterocycles. The van der Waals surface area contributed by atoms with Gasteiger partial charge in [0.2, 0.25) is 5.95 Å². The molecule has 0 radical (unpaired) electrons. The maximum absolute atomic E-state index is 4.55. The Kier molecular flexibility index (Phi) is 2.74. The lowest BCUT2D eigenvalue weighted by Gasteiger charge is -2.02. The zero-order chi connectivity index (χ0) is 14.2. The molecule has 104 valence electrons. The van der Waals surface area contributed by atoms with Crippen molar-refractivity contribution in [2.24, 2.45) is 0 Å². The number of H-pyrrole nitrogens is 2. The Hall–Kier alpha value is -2.61. The van der Waals surface area contributed by atoms with Gasteiger partial charge < -0.3 is 10.3 Å². The summed E-state index contributed by atoms with van der Waals surface area (Å²) in [5.41, 5.74) is 2.64. The van der Waals surface area contributed by atoms with Crippen molar-refractivity contribution in [3.05, 3.63) is 30.5 Å². The van der Waals surface area contributed by atoms with Crippen molar-refractivity contribution in [3.8, 4) is 0 Å². The van der Waals surface area contributed by atoms with Crippen LogP contribution in [0, 0.1) is 0 Å². The molecule has 0 aliphatic rings. The van der Waals surface area contributed by atoms with E-state index in [0.29, 0.717) is 11.6 Å². The largest absolute Gasteiger partial charge is 0.357 e. The van der Waals surface area contributed by atoms with Gasteiger partial charge in [0.1, 0.15) is 5.03 Å². The molecule has 7 nitrogen and oxygen atoms in total. The lowest BCUT2D eigenvalue weighted by Crippen LogP contribution is -1.97. The highest BCUT2D eigenvalue weighted by molar-refractivity contribution is 7.99.